The topological polar surface area (TPSA) is 96.6 Å². The number of halogens is 3. The number of hydrogen-bond acceptors (Lipinski definition) is 5. The first kappa shape index (κ1) is 18.6. The zero-order valence-corrected chi connectivity index (χ0v) is 14.1. The van der Waals surface area contributed by atoms with Crippen LogP contribution in [-0.4, -0.2) is 26.3 Å². The molecule has 1 aromatic carbocycles. The van der Waals surface area contributed by atoms with Gasteiger partial charge in [-0.25, -0.2) is 9.78 Å². The van der Waals surface area contributed by atoms with E-state index in [2.05, 4.69) is 15.5 Å². The molecule has 10 heteroatoms. The Morgan fingerprint density at radius 3 is 2.81 bits per heavy atom. The number of hydrazone groups is 1. The third-order valence-electron chi connectivity index (χ3n) is 4.23. The summed E-state index contributed by atoms with van der Waals surface area (Å²) in [6.07, 6.45) is -2.55. The van der Waals surface area contributed by atoms with E-state index in [-0.39, 0.29) is 17.6 Å². The molecule has 1 aliphatic heterocycles. The van der Waals surface area contributed by atoms with Gasteiger partial charge in [0, 0.05) is 12.2 Å². The predicted molar refractivity (Wildman–Crippen MR) is 91.0 cm³/mol. The highest BCUT2D eigenvalue weighted by molar-refractivity contribution is 5.99. The Morgan fingerprint density at radius 2 is 2.15 bits per heavy atom. The normalized spacial score (nSPS) is 18.2. The van der Waals surface area contributed by atoms with Crippen LogP contribution in [0, 0.1) is 0 Å². The van der Waals surface area contributed by atoms with Gasteiger partial charge in [0.05, 0.1) is 11.3 Å². The fourth-order valence-corrected chi connectivity index (χ4v) is 2.83. The first-order chi connectivity index (χ1) is 12.7. The molecule has 27 heavy (non-hydrogen) atoms. The van der Waals surface area contributed by atoms with Crippen LogP contribution in [-0.2, 0) is 6.18 Å². The van der Waals surface area contributed by atoms with Gasteiger partial charge in [0.2, 0.25) is 0 Å². The van der Waals surface area contributed by atoms with Crippen LogP contribution in [0.4, 0.5) is 18.9 Å². The van der Waals surface area contributed by atoms with Crippen molar-refractivity contribution in [2.75, 3.05) is 5.43 Å². The monoisotopic (exact) mass is 380 g/mol. The van der Waals surface area contributed by atoms with Crippen LogP contribution in [0.25, 0.3) is 0 Å². The van der Waals surface area contributed by atoms with Gasteiger partial charge in [-0.15, -0.1) is 0 Å². The second-order valence-corrected chi connectivity index (χ2v) is 6.11. The van der Waals surface area contributed by atoms with Crippen LogP contribution in [0.2, 0.25) is 0 Å². The van der Waals surface area contributed by atoms with E-state index >= 15 is 0 Å². The lowest BCUT2D eigenvalue weighted by molar-refractivity contribution is -0.137. The molecule has 2 aromatic rings. The molecule has 1 unspecified atom stereocenters. The van der Waals surface area contributed by atoms with Crippen LogP contribution < -0.4 is 11.0 Å². The maximum absolute atomic E-state index is 12.8. The Morgan fingerprint density at radius 1 is 1.41 bits per heavy atom. The molecule has 142 valence electrons. The fourth-order valence-electron chi connectivity index (χ4n) is 2.83. The number of benzene rings is 1. The number of anilines is 1. The number of carbonyl (C=O) groups is 1. The maximum atomic E-state index is 12.8. The Balaban J connectivity index is 1.96. The minimum atomic E-state index is -4.47. The molecule has 1 aliphatic rings. The Hall–Kier alpha value is -3.17. The number of aromatic carboxylic acids is 1. The first-order valence-electron chi connectivity index (χ1n) is 8.03. The van der Waals surface area contributed by atoms with Gasteiger partial charge in [-0.1, -0.05) is 6.07 Å². The minimum Gasteiger partial charge on any atom is -0.477 e. The Kier molecular flexibility index (Phi) is 4.73. The standard InChI is InChI=1S/C17H15F3N4O3/c1-9-5-6-13(14-21-8-12(16(26)27)15(25)24(9)14)23-22-11-4-2-3-10(7-11)17(18,19)20/h2-4,7-9,22H,5-6H2,1H3,(H,26,27)/b23-13+. The van der Waals surface area contributed by atoms with Gasteiger partial charge in [0.25, 0.3) is 5.56 Å². The number of rotatable bonds is 3. The van der Waals surface area contributed by atoms with Gasteiger partial charge in [0.15, 0.2) is 5.82 Å². The maximum Gasteiger partial charge on any atom is 0.416 e. The van der Waals surface area contributed by atoms with Gasteiger partial charge in [-0.2, -0.15) is 18.3 Å². The molecule has 3 rings (SSSR count). The lowest BCUT2D eigenvalue weighted by Crippen LogP contribution is -2.37. The van der Waals surface area contributed by atoms with Crippen molar-refractivity contribution in [3.05, 3.63) is 57.8 Å². The SMILES string of the molecule is CC1CC/C(=N\Nc2cccc(C(F)(F)F)c2)c2ncc(C(=O)O)c(=O)n21. The van der Waals surface area contributed by atoms with Crippen LogP contribution in [0.5, 0.6) is 0 Å². The zero-order chi connectivity index (χ0) is 19.8. The molecule has 1 aromatic heterocycles. The smallest absolute Gasteiger partial charge is 0.416 e. The van der Waals surface area contributed by atoms with E-state index in [4.69, 9.17) is 5.11 Å². The molecular weight excluding hydrogens is 365 g/mol. The highest BCUT2D eigenvalue weighted by Gasteiger charge is 2.30. The molecule has 0 amide bonds. The molecule has 0 spiro atoms. The summed E-state index contributed by atoms with van der Waals surface area (Å²) in [5, 5.41) is 13.2. The van der Waals surface area contributed by atoms with E-state index in [0.717, 1.165) is 18.3 Å². The lowest BCUT2D eigenvalue weighted by atomic mass is 10.0. The largest absolute Gasteiger partial charge is 0.477 e. The third kappa shape index (κ3) is 3.69. The van der Waals surface area contributed by atoms with E-state index < -0.39 is 28.8 Å². The molecule has 0 radical (unpaired) electrons. The molecule has 2 heterocycles. The third-order valence-corrected chi connectivity index (χ3v) is 4.23. The molecule has 0 fully saturated rings. The summed E-state index contributed by atoms with van der Waals surface area (Å²) in [7, 11) is 0. The molecular formula is C17H15F3N4O3. The molecule has 0 aliphatic carbocycles. The van der Waals surface area contributed by atoms with Crippen LogP contribution >= 0.6 is 0 Å². The first-order valence-corrected chi connectivity index (χ1v) is 8.03. The molecule has 0 saturated heterocycles. The van der Waals surface area contributed by atoms with E-state index in [1.807, 2.05) is 0 Å². The van der Waals surface area contributed by atoms with Gasteiger partial charge < -0.3 is 5.11 Å². The average molecular weight is 380 g/mol. The van der Waals surface area contributed by atoms with Crippen LogP contribution in [0.1, 0.15) is 47.6 Å². The van der Waals surface area contributed by atoms with E-state index in [0.29, 0.717) is 18.6 Å². The molecule has 0 bridgehead atoms. The number of carboxylic acid groups (broad SMARTS) is 1. The number of nitrogens with one attached hydrogen (secondary N) is 1. The summed E-state index contributed by atoms with van der Waals surface area (Å²) in [6, 6.07) is 4.28. The summed E-state index contributed by atoms with van der Waals surface area (Å²) in [6.45, 7) is 1.76. The Bertz CT molecular complexity index is 982. The minimum absolute atomic E-state index is 0.131. The van der Waals surface area contributed by atoms with Crippen molar-refractivity contribution < 1.29 is 23.1 Å². The van der Waals surface area contributed by atoms with Crippen LogP contribution in [0.3, 0.4) is 0 Å². The quantitative estimate of drug-likeness (QED) is 0.798. The molecule has 0 saturated carbocycles. The predicted octanol–water partition coefficient (Wildman–Crippen LogP) is 3.13. The summed E-state index contributed by atoms with van der Waals surface area (Å²) in [4.78, 5) is 27.5. The van der Waals surface area contributed by atoms with Gasteiger partial charge in [-0.05, 0) is 38.0 Å². The zero-order valence-electron chi connectivity index (χ0n) is 14.1. The summed E-state index contributed by atoms with van der Waals surface area (Å²) in [5.74, 6) is -1.18. The van der Waals surface area contributed by atoms with Crippen molar-refractivity contribution >= 4 is 17.4 Å². The number of aromatic nitrogens is 2. The summed E-state index contributed by atoms with van der Waals surface area (Å²) < 4.78 is 39.6. The second kappa shape index (κ2) is 6.86. The number of hydrogen-bond donors (Lipinski definition) is 2. The average Bonchev–Trinajstić information content (AvgIpc) is 2.60. The number of carboxylic acids is 1. The fraction of sp³-hybridized carbons (Fsp3) is 0.294. The van der Waals surface area contributed by atoms with Crippen molar-refractivity contribution in [3.63, 3.8) is 0 Å². The molecule has 1 atom stereocenters. The van der Waals surface area contributed by atoms with Crippen molar-refractivity contribution in [2.45, 2.75) is 32.0 Å². The van der Waals surface area contributed by atoms with Crippen molar-refractivity contribution in [3.8, 4) is 0 Å². The van der Waals surface area contributed by atoms with E-state index in [9.17, 15) is 22.8 Å². The summed E-state index contributed by atoms with van der Waals surface area (Å²) in [5.41, 5.74) is 1.10. The second-order valence-electron chi connectivity index (χ2n) is 6.11. The van der Waals surface area contributed by atoms with Gasteiger partial charge in [-0.3, -0.25) is 14.8 Å². The van der Waals surface area contributed by atoms with Crippen molar-refractivity contribution in [1.82, 2.24) is 9.55 Å². The van der Waals surface area contributed by atoms with Crippen molar-refractivity contribution in [2.24, 2.45) is 5.10 Å². The van der Waals surface area contributed by atoms with E-state index in [1.54, 1.807) is 6.92 Å². The van der Waals surface area contributed by atoms with E-state index in [1.165, 1.54) is 16.7 Å². The van der Waals surface area contributed by atoms with Gasteiger partial charge >= 0.3 is 12.1 Å². The molecule has 2 N–H and O–H groups in total. The highest BCUT2D eigenvalue weighted by Crippen LogP contribution is 2.30. The Labute approximate surface area is 151 Å². The number of nitrogens with zero attached hydrogens (tertiary/aromatic N) is 3. The number of fused-ring (bicyclic) bond motifs is 1. The van der Waals surface area contributed by atoms with Crippen LogP contribution in [0.15, 0.2) is 40.4 Å². The van der Waals surface area contributed by atoms with Crippen molar-refractivity contribution in [1.29, 1.82) is 0 Å². The highest BCUT2D eigenvalue weighted by atomic mass is 19.4. The molecule has 7 nitrogen and oxygen atoms in total. The van der Waals surface area contributed by atoms with Gasteiger partial charge in [0.1, 0.15) is 11.3 Å². The lowest BCUT2D eigenvalue weighted by Gasteiger charge is -2.25. The number of alkyl halides is 3. The summed E-state index contributed by atoms with van der Waals surface area (Å²) >= 11 is 0.